The van der Waals surface area contributed by atoms with Crippen LogP contribution in [-0.4, -0.2) is 20.5 Å². The number of carbonyl (C=O) groups is 1. The van der Waals surface area contributed by atoms with Crippen LogP contribution in [0.1, 0.15) is 49.4 Å². The zero-order chi connectivity index (χ0) is 22.5. The average Bonchev–Trinajstić information content (AvgIpc) is 3.14. The predicted octanol–water partition coefficient (Wildman–Crippen LogP) is 6.19. The van der Waals surface area contributed by atoms with Gasteiger partial charge in [0.1, 0.15) is 6.04 Å². The predicted molar refractivity (Wildman–Crippen MR) is 129 cm³/mol. The fraction of sp³-hybridized carbons (Fsp3) is 0.320. The van der Waals surface area contributed by atoms with Crippen LogP contribution in [0, 0.1) is 12.3 Å². The Labute approximate surface area is 197 Å². The summed E-state index contributed by atoms with van der Waals surface area (Å²) < 4.78 is 1.86. The Morgan fingerprint density at radius 2 is 1.91 bits per heavy atom. The molecular weight excluding hydrogens is 440 g/mol. The van der Waals surface area contributed by atoms with Crippen LogP contribution in [0.2, 0.25) is 5.02 Å². The molecule has 0 saturated carbocycles. The van der Waals surface area contributed by atoms with Gasteiger partial charge in [0.15, 0.2) is 5.78 Å². The minimum Gasteiger partial charge on any atom is -0.328 e. The number of allylic oxidation sites excluding steroid dienone is 2. The van der Waals surface area contributed by atoms with Crippen molar-refractivity contribution in [1.82, 2.24) is 14.8 Å². The summed E-state index contributed by atoms with van der Waals surface area (Å²) in [5, 5.41) is 9.62. The molecular formula is C25H25ClN4OS. The van der Waals surface area contributed by atoms with Gasteiger partial charge < -0.3 is 5.32 Å². The Bertz CT molecular complexity index is 1230. The molecule has 1 unspecified atom stereocenters. The number of hydrogen-bond acceptors (Lipinski definition) is 5. The number of thioether (sulfide) groups is 1. The number of rotatable bonds is 4. The third-order valence-corrected chi connectivity index (χ3v) is 7.25. The summed E-state index contributed by atoms with van der Waals surface area (Å²) >= 11 is 7.75. The van der Waals surface area contributed by atoms with Crippen molar-refractivity contribution in [3.8, 4) is 0 Å². The van der Waals surface area contributed by atoms with Crippen LogP contribution in [0.3, 0.4) is 0 Å². The number of fused-ring (bicyclic) bond motifs is 1. The van der Waals surface area contributed by atoms with Crippen molar-refractivity contribution >= 4 is 35.1 Å². The summed E-state index contributed by atoms with van der Waals surface area (Å²) in [6, 6.07) is 15.7. The first-order chi connectivity index (χ1) is 15.3. The van der Waals surface area contributed by atoms with Gasteiger partial charge in [0.25, 0.3) is 0 Å². The molecule has 0 fully saturated rings. The number of halogens is 1. The van der Waals surface area contributed by atoms with Crippen molar-refractivity contribution < 1.29 is 4.79 Å². The van der Waals surface area contributed by atoms with E-state index < -0.39 is 0 Å². The standard InChI is InChI=1S/C25H25ClN4OS/c1-15-6-4-5-7-17(15)14-32-24-28-23-27-19-12-25(2,3)13-20(31)21(19)22(30(23)29-24)16-8-10-18(26)11-9-16/h4-11,22H,12-14H2,1-3H3,(H,27,28,29). The van der Waals surface area contributed by atoms with E-state index in [1.165, 1.54) is 11.1 Å². The summed E-state index contributed by atoms with van der Waals surface area (Å²) in [6.07, 6.45) is 1.33. The molecule has 2 aliphatic rings. The maximum absolute atomic E-state index is 13.3. The molecule has 2 aromatic carbocycles. The molecule has 5 rings (SSSR count). The average molecular weight is 465 g/mol. The Kier molecular flexibility index (Phi) is 5.38. The molecule has 32 heavy (non-hydrogen) atoms. The van der Waals surface area contributed by atoms with E-state index >= 15 is 0 Å². The molecule has 1 aliphatic carbocycles. The van der Waals surface area contributed by atoms with Crippen molar-refractivity contribution in [2.24, 2.45) is 5.41 Å². The van der Waals surface area contributed by atoms with Gasteiger partial charge in [-0.25, -0.2) is 4.68 Å². The highest BCUT2D eigenvalue weighted by Crippen LogP contribution is 2.45. The third-order valence-electron chi connectivity index (χ3n) is 6.12. The number of hydrogen-bond donors (Lipinski definition) is 1. The normalized spacial score (nSPS) is 19.4. The summed E-state index contributed by atoms with van der Waals surface area (Å²) in [4.78, 5) is 18.1. The Balaban J connectivity index is 1.53. The third kappa shape index (κ3) is 3.97. The van der Waals surface area contributed by atoms with E-state index in [2.05, 4.69) is 44.3 Å². The van der Waals surface area contributed by atoms with Gasteiger partial charge in [-0.15, -0.1) is 5.10 Å². The number of anilines is 1. The molecule has 1 aliphatic heterocycles. The molecule has 7 heteroatoms. The van der Waals surface area contributed by atoms with Gasteiger partial charge in [-0.3, -0.25) is 4.79 Å². The zero-order valence-electron chi connectivity index (χ0n) is 18.4. The van der Waals surface area contributed by atoms with Crippen LogP contribution in [0.4, 0.5) is 5.95 Å². The number of nitrogens with zero attached hydrogens (tertiary/aromatic N) is 3. The fourth-order valence-electron chi connectivity index (χ4n) is 4.52. The molecule has 2 heterocycles. The highest BCUT2D eigenvalue weighted by molar-refractivity contribution is 7.98. The first kappa shape index (κ1) is 21.3. The smallest absolute Gasteiger partial charge is 0.227 e. The molecule has 0 radical (unpaired) electrons. The molecule has 0 saturated heterocycles. The molecule has 0 amide bonds. The van der Waals surface area contributed by atoms with Crippen LogP contribution in [0.5, 0.6) is 0 Å². The monoisotopic (exact) mass is 464 g/mol. The van der Waals surface area contributed by atoms with Crippen molar-refractivity contribution in [2.45, 2.75) is 50.6 Å². The van der Waals surface area contributed by atoms with Gasteiger partial charge in [-0.1, -0.05) is 73.6 Å². The quantitative estimate of drug-likeness (QED) is 0.466. The minimum absolute atomic E-state index is 0.0852. The van der Waals surface area contributed by atoms with Crippen LogP contribution in [-0.2, 0) is 10.5 Å². The zero-order valence-corrected chi connectivity index (χ0v) is 19.9. The molecule has 0 spiro atoms. The fourth-order valence-corrected chi connectivity index (χ4v) is 5.55. The van der Waals surface area contributed by atoms with Crippen molar-refractivity contribution in [2.75, 3.05) is 5.32 Å². The number of aromatic nitrogens is 3. The van der Waals surface area contributed by atoms with Gasteiger partial charge in [-0.05, 0) is 47.6 Å². The lowest BCUT2D eigenvalue weighted by Crippen LogP contribution is -2.36. The van der Waals surface area contributed by atoms with E-state index in [0.717, 1.165) is 29.0 Å². The maximum atomic E-state index is 13.3. The molecule has 1 aromatic heterocycles. The van der Waals surface area contributed by atoms with E-state index in [1.807, 2.05) is 35.0 Å². The largest absolute Gasteiger partial charge is 0.328 e. The lowest BCUT2D eigenvalue weighted by molar-refractivity contribution is -0.118. The number of nitrogens with one attached hydrogen (secondary N) is 1. The number of ketones is 1. The summed E-state index contributed by atoms with van der Waals surface area (Å²) in [6.45, 7) is 6.39. The molecule has 3 aromatic rings. The van der Waals surface area contributed by atoms with E-state index in [1.54, 1.807) is 11.8 Å². The molecule has 164 valence electrons. The van der Waals surface area contributed by atoms with Crippen LogP contribution in [0.25, 0.3) is 0 Å². The van der Waals surface area contributed by atoms with Gasteiger partial charge >= 0.3 is 0 Å². The second kappa shape index (κ2) is 8.09. The molecule has 1 atom stereocenters. The molecule has 1 N–H and O–H groups in total. The van der Waals surface area contributed by atoms with E-state index in [0.29, 0.717) is 22.5 Å². The van der Waals surface area contributed by atoms with Crippen LogP contribution in [0.15, 0.2) is 65.0 Å². The lowest BCUT2D eigenvalue weighted by Gasteiger charge is -2.38. The first-order valence-electron chi connectivity index (χ1n) is 10.7. The van der Waals surface area contributed by atoms with E-state index in [4.69, 9.17) is 21.7 Å². The maximum Gasteiger partial charge on any atom is 0.227 e. The number of Topliss-reactive ketones (excluding diaryl/α,β-unsaturated/α-hetero) is 1. The van der Waals surface area contributed by atoms with Gasteiger partial charge in [0.2, 0.25) is 11.1 Å². The lowest BCUT2D eigenvalue weighted by atomic mass is 9.73. The number of benzene rings is 2. The second-order valence-corrected chi connectivity index (χ2v) is 10.7. The Morgan fingerprint density at radius 3 is 2.66 bits per heavy atom. The summed E-state index contributed by atoms with van der Waals surface area (Å²) in [7, 11) is 0. The van der Waals surface area contributed by atoms with Gasteiger partial charge in [-0.2, -0.15) is 4.98 Å². The molecule has 0 bridgehead atoms. The number of carbonyl (C=O) groups excluding carboxylic acids is 1. The topological polar surface area (TPSA) is 59.8 Å². The van der Waals surface area contributed by atoms with E-state index in [-0.39, 0.29) is 17.2 Å². The van der Waals surface area contributed by atoms with Crippen molar-refractivity contribution in [3.63, 3.8) is 0 Å². The summed E-state index contributed by atoms with van der Waals surface area (Å²) in [5.74, 6) is 1.64. The first-order valence-corrected chi connectivity index (χ1v) is 12.1. The van der Waals surface area contributed by atoms with Gasteiger partial charge in [0, 0.05) is 28.5 Å². The molecule has 5 nitrogen and oxygen atoms in total. The minimum atomic E-state index is -0.303. The summed E-state index contributed by atoms with van der Waals surface area (Å²) in [5.41, 5.74) is 5.17. The van der Waals surface area contributed by atoms with Crippen molar-refractivity contribution in [1.29, 1.82) is 0 Å². The number of aryl methyl sites for hydroxylation is 1. The van der Waals surface area contributed by atoms with Crippen LogP contribution >= 0.6 is 23.4 Å². The van der Waals surface area contributed by atoms with E-state index in [9.17, 15) is 4.79 Å². The van der Waals surface area contributed by atoms with Crippen LogP contribution < -0.4 is 5.32 Å². The second-order valence-electron chi connectivity index (χ2n) is 9.29. The highest BCUT2D eigenvalue weighted by Gasteiger charge is 2.41. The van der Waals surface area contributed by atoms with Gasteiger partial charge in [0.05, 0.1) is 0 Å². The SMILES string of the molecule is Cc1ccccc1CSc1nc2n(n1)C(c1ccc(Cl)cc1)C1=C(CC(C)(C)CC1=O)N2. The highest BCUT2D eigenvalue weighted by atomic mass is 35.5. The Morgan fingerprint density at radius 1 is 1.16 bits per heavy atom. The Hall–Kier alpha value is -2.57. The van der Waals surface area contributed by atoms with Crippen molar-refractivity contribution in [3.05, 3.63) is 81.5 Å².